The zero-order valence-corrected chi connectivity index (χ0v) is 14.7. The van der Waals surface area contributed by atoms with Crippen LogP contribution in [-0.4, -0.2) is 17.5 Å². The summed E-state index contributed by atoms with van der Waals surface area (Å²) in [4.78, 5) is 16.9. The minimum Gasteiger partial charge on any atom is -0.494 e. The fourth-order valence-electron chi connectivity index (χ4n) is 2.37. The number of benzene rings is 2. The number of aromatic nitrogens is 1. The summed E-state index contributed by atoms with van der Waals surface area (Å²) >= 11 is 1.46. The van der Waals surface area contributed by atoms with Crippen LogP contribution in [-0.2, 0) is 0 Å². The Bertz CT molecular complexity index is 857. The summed E-state index contributed by atoms with van der Waals surface area (Å²) in [7, 11) is 0. The van der Waals surface area contributed by atoms with Gasteiger partial charge in [0.15, 0.2) is 5.13 Å². The molecular weight excluding hydrogens is 320 g/mol. The predicted octanol–water partition coefficient (Wildman–Crippen LogP) is 5.04. The highest BCUT2D eigenvalue weighted by Gasteiger charge is 2.12. The van der Waals surface area contributed by atoms with Gasteiger partial charge in [-0.15, -0.1) is 0 Å². The van der Waals surface area contributed by atoms with Crippen LogP contribution in [0.2, 0.25) is 0 Å². The number of ether oxygens (including phenoxy) is 1. The van der Waals surface area contributed by atoms with Crippen molar-refractivity contribution in [2.24, 2.45) is 0 Å². The first kappa shape index (κ1) is 16.5. The van der Waals surface area contributed by atoms with Crippen LogP contribution in [0.3, 0.4) is 0 Å². The number of carbonyl (C=O) groups is 1. The minimum absolute atomic E-state index is 0.133. The molecule has 0 atom stereocenters. The van der Waals surface area contributed by atoms with E-state index in [1.807, 2.05) is 49.4 Å². The molecule has 5 heteroatoms. The van der Waals surface area contributed by atoms with Gasteiger partial charge in [0.25, 0.3) is 5.91 Å². The van der Waals surface area contributed by atoms with Crippen LogP contribution in [0.25, 0.3) is 10.2 Å². The van der Waals surface area contributed by atoms with Crippen molar-refractivity contribution in [1.82, 2.24) is 4.98 Å². The van der Waals surface area contributed by atoms with Crippen molar-refractivity contribution in [3.05, 3.63) is 53.6 Å². The van der Waals surface area contributed by atoms with Crippen molar-refractivity contribution in [2.45, 2.75) is 26.7 Å². The van der Waals surface area contributed by atoms with E-state index in [-0.39, 0.29) is 5.91 Å². The number of thiazole rings is 1. The topological polar surface area (TPSA) is 51.2 Å². The molecule has 24 heavy (non-hydrogen) atoms. The number of anilines is 1. The van der Waals surface area contributed by atoms with E-state index in [1.54, 1.807) is 0 Å². The number of aryl methyl sites for hydroxylation is 1. The summed E-state index contributed by atoms with van der Waals surface area (Å²) in [6.45, 7) is 4.78. The second-order valence-corrected chi connectivity index (χ2v) is 6.65. The van der Waals surface area contributed by atoms with Gasteiger partial charge in [-0.05, 0) is 43.2 Å². The van der Waals surface area contributed by atoms with Gasteiger partial charge in [-0.3, -0.25) is 10.1 Å². The Morgan fingerprint density at radius 3 is 2.88 bits per heavy atom. The predicted molar refractivity (Wildman–Crippen MR) is 99.2 cm³/mol. The van der Waals surface area contributed by atoms with Gasteiger partial charge in [0.2, 0.25) is 0 Å². The number of amides is 1. The lowest BCUT2D eigenvalue weighted by Gasteiger charge is -2.04. The molecule has 0 spiro atoms. The number of carbonyl (C=O) groups excluding carboxylic acids is 1. The van der Waals surface area contributed by atoms with Gasteiger partial charge in [0.1, 0.15) is 5.75 Å². The molecule has 2 aromatic carbocycles. The number of hydrogen-bond donors (Lipinski definition) is 1. The molecule has 0 saturated carbocycles. The molecule has 1 amide bonds. The van der Waals surface area contributed by atoms with Crippen LogP contribution in [0.1, 0.15) is 35.7 Å². The van der Waals surface area contributed by atoms with Crippen LogP contribution in [0.15, 0.2) is 42.5 Å². The Balaban J connectivity index is 1.76. The first-order chi connectivity index (χ1) is 11.7. The van der Waals surface area contributed by atoms with Crippen LogP contribution in [0.5, 0.6) is 5.75 Å². The molecule has 0 fully saturated rings. The van der Waals surface area contributed by atoms with Crippen molar-refractivity contribution < 1.29 is 9.53 Å². The number of fused-ring (bicyclic) bond motifs is 1. The highest BCUT2D eigenvalue weighted by atomic mass is 32.1. The largest absolute Gasteiger partial charge is 0.494 e. The van der Waals surface area contributed by atoms with Crippen molar-refractivity contribution >= 4 is 32.6 Å². The fourth-order valence-corrected chi connectivity index (χ4v) is 3.26. The smallest absolute Gasteiger partial charge is 0.257 e. The van der Waals surface area contributed by atoms with Crippen LogP contribution >= 0.6 is 11.3 Å². The number of unbranched alkanes of at least 4 members (excludes halogenated alkanes) is 1. The van der Waals surface area contributed by atoms with Crippen molar-refractivity contribution in [1.29, 1.82) is 0 Å². The molecule has 1 heterocycles. The molecule has 1 N–H and O–H groups in total. The minimum atomic E-state index is -0.133. The fraction of sp³-hybridized carbons (Fsp3) is 0.263. The molecule has 0 aliphatic rings. The molecule has 4 nitrogen and oxygen atoms in total. The second-order valence-electron chi connectivity index (χ2n) is 5.62. The van der Waals surface area contributed by atoms with Gasteiger partial charge >= 0.3 is 0 Å². The Hall–Kier alpha value is -2.40. The Morgan fingerprint density at radius 2 is 2.08 bits per heavy atom. The third kappa shape index (κ3) is 3.74. The van der Waals surface area contributed by atoms with Crippen LogP contribution in [0, 0.1) is 6.92 Å². The van der Waals surface area contributed by atoms with Crippen molar-refractivity contribution in [3.63, 3.8) is 0 Å². The van der Waals surface area contributed by atoms with E-state index in [9.17, 15) is 4.79 Å². The molecule has 124 valence electrons. The summed E-state index contributed by atoms with van der Waals surface area (Å²) in [5.41, 5.74) is 2.48. The van der Waals surface area contributed by atoms with Crippen molar-refractivity contribution in [2.75, 3.05) is 11.9 Å². The summed E-state index contributed by atoms with van der Waals surface area (Å²) in [6, 6.07) is 13.3. The highest BCUT2D eigenvalue weighted by molar-refractivity contribution is 7.22. The summed E-state index contributed by atoms with van der Waals surface area (Å²) < 4.78 is 6.73. The lowest BCUT2D eigenvalue weighted by atomic mass is 10.1. The molecule has 0 aliphatic heterocycles. The zero-order chi connectivity index (χ0) is 16.9. The van der Waals surface area contributed by atoms with Crippen LogP contribution < -0.4 is 10.1 Å². The maximum atomic E-state index is 12.4. The summed E-state index contributed by atoms with van der Waals surface area (Å²) in [5, 5.41) is 3.49. The van der Waals surface area contributed by atoms with Gasteiger partial charge in [0, 0.05) is 5.56 Å². The average molecular weight is 340 g/mol. The van der Waals surface area contributed by atoms with Gasteiger partial charge in [-0.25, -0.2) is 4.98 Å². The summed E-state index contributed by atoms with van der Waals surface area (Å²) in [6.07, 6.45) is 2.15. The lowest BCUT2D eigenvalue weighted by Crippen LogP contribution is -2.12. The van der Waals surface area contributed by atoms with E-state index in [1.165, 1.54) is 11.3 Å². The van der Waals surface area contributed by atoms with E-state index in [0.29, 0.717) is 10.7 Å². The molecule has 3 aromatic rings. The number of nitrogens with zero attached hydrogens (tertiary/aromatic N) is 1. The number of hydrogen-bond acceptors (Lipinski definition) is 4. The maximum Gasteiger partial charge on any atom is 0.257 e. The molecule has 0 radical (unpaired) electrons. The normalized spacial score (nSPS) is 10.8. The first-order valence-electron chi connectivity index (χ1n) is 8.07. The van der Waals surface area contributed by atoms with Crippen molar-refractivity contribution in [3.8, 4) is 5.75 Å². The van der Waals surface area contributed by atoms with E-state index in [2.05, 4.69) is 17.2 Å². The third-order valence-corrected chi connectivity index (χ3v) is 4.67. The first-order valence-corrected chi connectivity index (χ1v) is 8.89. The quantitative estimate of drug-likeness (QED) is 0.640. The van der Waals surface area contributed by atoms with Gasteiger partial charge in [-0.1, -0.05) is 42.9 Å². The van der Waals surface area contributed by atoms with Gasteiger partial charge < -0.3 is 4.74 Å². The van der Waals surface area contributed by atoms with Gasteiger partial charge in [-0.2, -0.15) is 0 Å². The van der Waals surface area contributed by atoms with E-state index >= 15 is 0 Å². The molecule has 0 aliphatic carbocycles. The molecular formula is C19H20N2O2S. The van der Waals surface area contributed by atoms with E-state index < -0.39 is 0 Å². The standard InChI is InChI=1S/C19H20N2O2S/c1-3-4-11-23-14-9-10-16-17(12-14)24-19(20-16)21-18(22)15-8-6-5-7-13(15)2/h5-10,12H,3-4,11H2,1-2H3,(H,20,21,22). The summed E-state index contributed by atoms with van der Waals surface area (Å²) in [5.74, 6) is 0.711. The Morgan fingerprint density at radius 1 is 1.25 bits per heavy atom. The molecule has 0 saturated heterocycles. The monoisotopic (exact) mass is 340 g/mol. The maximum absolute atomic E-state index is 12.4. The molecule has 1 aromatic heterocycles. The Labute approximate surface area is 145 Å². The zero-order valence-electron chi connectivity index (χ0n) is 13.8. The third-order valence-electron chi connectivity index (χ3n) is 3.74. The van der Waals surface area contributed by atoms with E-state index in [4.69, 9.17) is 4.74 Å². The highest BCUT2D eigenvalue weighted by Crippen LogP contribution is 2.29. The Kier molecular flexibility index (Phi) is 5.11. The molecule has 3 rings (SSSR count). The second kappa shape index (κ2) is 7.45. The van der Waals surface area contributed by atoms with Gasteiger partial charge in [0.05, 0.1) is 16.8 Å². The number of nitrogens with one attached hydrogen (secondary N) is 1. The SMILES string of the molecule is CCCCOc1ccc2nc(NC(=O)c3ccccc3C)sc2c1. The number of rotatable bonds is 6. The molecule has 0 bridgehead atoms. The van der Waals surface area contributed by atoms with Crippen LogP contribution in [0.4, 0.5) is 5.13 Å². The lowest BCUT2D eigenvalue weighted by molar-refractivity contribution is 0.102. The average Bonchev–Trinajstić information content (AvgIpc) is 2.97. The molecule has 0 unspecified atom stereocenters. The van der Waals surface area contributed by atoms with E-state index in [0.717, 1.165) is 41.0 Å².